The molecule has 4 nitrogen and oxygen atoms in total. The van der Waals surface area contributed by atoms with Crippen LogP contribution in [-0.2, 0) is 0 Å². The van der Waals surface area contributed by atoms with E-state index in [1.54, 1.807) is 0 Å². The van der Waals surface area contributed by atoms with Crippen LogP contribution < -0.4 is 20.1 Å². The fraction of sp³-hybridized carbons (Fsp3) is 0.333. The lowest BCUT2D eigenvalue weighted by Crippen LogP contribution is -2.39. The summed E-state index contributed by atoms with van der Waals surface area (Å²) in [5.74, 6) is 1.79. The zero-order chi connectivity index (χ0) is 15.4. The van der Waals surface area contributed by atoms with E-state index in [0.29, 0.717) is 6.61 Å². The molecule has 0 bridgehead atoms. The highest BCUT2D eigenvalue weighted by molar-refractivity contribution is 5.75. The highest BCUT2D eigenvalue weighted by atomic mass is 16.5. The first-order chi connectivity index (χ1) is 10.7. The van der Waals surface area contributed by atoms with Crippen molar-refractivity contribution in [3.8, 4) is 11.5 Å². The number of fused-ring (bicyclic) bond motifs is 1. The van der Waals surface area contributed by atoms with Gasteiger partial charge < -0.3 is 20.1 Å². The molecule has 2 aromatic rings. The van der Waals surface area contributed by atoms with Gasteiger partial charge in [-0.05, 0) is 37.6 Å². The Morgan fingerprint density at radius 2 is 2.00 bits per heavy atom. The summed E-state index contributed by atoms with van der Waals surface area (Å²) < 4.78 is 11.6. The molecule has 0 amide bonds. The summed E-state index contributed by atoms with van der Waals surface area (Å²) in [6.07, 6.45) is 1.11. The van der Waals surface area contributed by atoms with Gasteiger partial charge in [0.15, 0.2) is 0 Å². The molecule has 0 spiro atoms. The van der Waals surface area contributed by atoms with Crippen LogP contribution in [0.4, 0.5) is 11.4 Å². The molecule has 1 heterocycles. The van der Waals surface area contributed by atoms with E-state index in [4.69, 9.17) is 15.2 Å². The largest absolute Gasteiger partial charge is 0.494 e. The van der Waals surface area contributed by atoms with Gasteiger partial charge in [-0.25, -0.2) is 0 Å². The maximum absolute atomic E-state index is 6.12. The average Bonchev–Trinajstić information content (AvgIpc) is 2.52. The topological polar surface area (TPSA) is 47.7 Å². The van der Waals surface area contributed by atoms with Gasteiger partial charge in [-0.1, -0.05) is 24.3 Å². The first-order valence-electron chi connectivity index (χ1n) is 7.72. The Morgan fingerprint density at radius 1 is 1.18 bits per heavy atom. The lowest BCUT2D eigenvalue weighted by atomic mass is 10.1. The minimum atomic E-state index is 0.171. The third-order valence-electron chi connectivity index (χ3n) is 3.74. The van der Waals surface area contributed by atoms with E-state index in [2.05, 4.69) is 11.8 Å². The van der Waals surface area contributed by atoms with Crippen molar-refractivity contribution >= 4 is 11.4 Å². The number of benzene rings is 2. The molecule has 1 atom stereocenters. The van der Waals surface area contributed by atoms with Crippen LogP contribution in [0.3, 0.4) is 0 Å². The molecule has 0 saturated heterocycles. The number of nitrogens with zero attached hydrogens (tertiary/aromatic N) is 1. The highest BCUT2D eigenvalue weighted by Gasteiger charge is 2.24. The summed E-state index contributed by atoms with van der Waals surface area (Å²) in [4.78, 5) is 2.30. The van der Waals surface area contributed by atoms with Crippen LogP contribution in [0.5, 0.6) is 11.5 Å². The van der Waals surface area contributed by atoms with Crippen LogP contribution >= 0.6 is 0 Å². The summed E-state index contributed by atoms with van der Waals surface area (Å²) in [7, 11) is 0. The fourth-order valence-corrected chi connectivity index (χ4v) is 2.79. The van der Waals surface area contributed by atoms with Crippen molar-refractivity contribution in [3.05, 3.63) is 48.5 Å². The second kappa shape index (κ2) is 6.60. The fourth-order valence-electron chi connectivity index (χ4n) is 2.79. The molecule has 2 N–H and O–H groups in total. The van der Waals surface area contributed by atoms with Gasteiger partial charge in [0.25, 0.3) is 0 Å². The van der Waals surface area contributed by atoms with Gasteiger partial charge in [0.2, 0.25) is 0 Å². The lowest BCUT2D eigenvalue weighted by molar-refractivity contribution is 0.211. The van der Waals surface area contributed by atoms with Crippen molar-refractivity contribution in [1.29, 1.82) is 0 Å². The van der Waals surface area contributed by atoms with Gasteiger partial charge in [0, 0.05) is 6.54 Å². The van der Waals surface area contributed by atoms with Crippen molar-refractivity contribution in [3.63, 3.8) is 0 Å². The maximum Gasteiger partial charge on any atom is 0.145 e. The standard InChI is InChI=1S/C18H22N2O2/c1-14-13-20(18-16(19)9-5-10-17(18)22-14)11-6-12-21-15-7-3-2-4-8-15/h2-5,7-10,14H,6,11-13,19H2,1H3. The van der Waals surface area contributed by atoms with Crippen LogP contribution in [0.15, 0.2) is 48.5 Å². The van der Waals surface area contributed by atoms with Crippen LogP contribution in [-0.4, -0.2) is 25.8 Å². The lowest BCUT2D eigenvalue weighted by Gasteiger charge is -2.35. The molecular formula is C18H22N2O2. The molecule has 0 fully saturated rings. The van der Waals surface area contributed by atoms with Gasteiger partial charge in [-0.2, -0.15) is 0 Å². The number of anilines is 2. The average molecular weight is 298 g/mol. The van der Waals surface area contributed by atoms with Crippen LogP contribution in [0.2, 0.25) is 0 Å². The van der Waals surface area contributed by atoms with Crippen molar-refractivity contribution < 1.29 is 9.47 Å². The number of nitrogens with two attached hydrogens (primary N) is 1. The van der Waals surface area contributed by atoms with Crippen LogP contribution in [0.25, 0.3) is 0 Å². The molecule has 2 aromatic carbocycles. The Kier molecular flexibility index (Phi) is 4.37. The summed E-state index contributed by atoms with van der Waals surface area (Å²) in [5.41, 5.74) is 7.91. The molecule has 1 aliphatic rings. The van der Waals surface area contributed by atoms with Crippen LogP contribution in [0, 0.1) is 0 Å². The Morgan fingerprint density at radius 3 is 2.82 bits per heavy atom. The summed E-state index contributed by atoms with van der Waals surface area (Å²) in [5, 5.41) is 0. The normalized spacial score (nSPS) is 16.8. The Labute approximate surface area is 131 Å². The van der Waals surface area contributed by atoms with E-state index in [9.17, 15) is 0 Å². The van der Waals surface area contributed by atoms with E-state index < -0.39 is 0 Å². The Balaban J connectivity index is 1.59. The predicted molar refractivity (Wildman–Crippen MR) is 89.7 cm³/mol. The third-order valence-corrected chi connectivity index (χ3v) is 3.74. The molecule has 0 saturated carbocycles. The SMILES string of the molecule is CC1CN(CCCOc2ccccc2)c2c(N)cccc2O1. The molecule has 1 unspecified atom stereocenters. The summed E-state index contributed by atoms with van der Waals surface area (Å²) in [6, 6.07) is 15.7. The van der Waals surface area contributed by atoms with Crippen molar-refractivity contribution in [2.45, 2.75) is 19.4 Å². The Bertz CT molecular complexity index is 616. The van der Waals surface area contributed by atoms with Gasteiger partial charge in [-0.3, -0.25) is 0 Å². The van der Waals surface area contributed by atoms with E-state index >= 15 is 0 Å². The van der Waals surface area contributed by atoms with E-state index in [1.807, 2.05) is 48.5 Å². The number of nitrogen functional groups attached to an aromatic ring is 1. The van der Waals surface area contributed by atoms with Gasteiger partial charge in [0.05, 0.1) is 18.8 Å². The maximum atomic E-state index is 6.12. The molecule has 0 radical (unpaired) electrons. The second-order valence-electron chi connectivity index (χ2n) is 5.58. The third kappa shape index (κ3) is 3.27. The van der Waals surface area contributed by atoms with E-state index in [1.165, 1.54) is 0 Å². The van der Waals surface area contributed by atoms with Gasteiger partial charge in [0.1, 0.15) is 23.3 Å². The minimum Gasteiger partial charge on any atom is -0.494 e. The smallest absolute Gasteiger partial charge is 0.145 e. The van der Waals surface area contributed by atoms with Crippen molar-refractivity contribution in [2.24, 2.45) is 0 Å². The first kappa shape index (κ1) is 14.6. The summed E-state index contributed by atoms with van der Waals surface area (Å²) >= 11 is 0. The highest BCUT2D eigenvalue weighted by Crippen LogP contribution is 2.38. The molecule has 116 valence electrons. The number of para-hydroxylation sites is 2. The second-order valence-corrected chi connectivity index (χ2v) is 5.58. The van der Waals surface area contributed by atoms with Crippen LogP contribution in [0.1, 0.15) is 13.3 Å². The number of ether oxygens (including phenoxy) is 2. The number of rotatable bonds is 5. The molecular weight excluding hydrogens is 276 g/mol. The summed E-state index contributed by atoms with van der Waals surface area (Å²) in [6.45, 7) is 4.53. The minimum absolute atomic E-state index is 0.171. The monoisotopic (exact) mass is 298 g/mol. The predicted octanol–water partition coefficient (Wildman–Crippen LogP) is 3.33. The molecule has 3 rings (SSSR count). The molecule has 0 aromatic heterocycles. The zero-order valence-corrected chi connectivity index (χ0v) is 12.9. The number of hydrogen-bond acceptors (Lipinski definition) is 4. The molecule has 1 aliphatic heterocycles. The van der Waals surface area contributed by atoms with Crippen molar-refractivity contribution in [1.82, 2.24) is 0 Å². The molecule has 22 heavy (non-hydrogen) atoms. The van der Waals surface area contributed by atoms with Gasteiger partial charge >= 0.3 is 0 Å². The first-order valence-corrected chi connectivity index (χ1v) is 7.72. The van der Waals surface area contributed by atoms with Gasteiger partial charge in [-0.15, -0.1) is 0 Å². The quantitative estimate of drug-likeness (QED) is 0.679. The molecule has 4 heteroatoms. The Hall–Kier alpha value is -2.36. The van der Waals surface area contributed by atoms with E-state index in [-0.39, 0.29) is 6.10 Å². The van der Waals surface area contributed by atoms with Crippen molar-refractivity contribution in [2.75, 3.05) is 30.3 Å². The van der Waals surface area contributed by atoms with E-state index in [0.717, 1.165) is 42.4 Å². The molecule has 0 aliphatic carbocycles. The zero-order valence-electron chi connectivity index (χ0n) is 12.9. The number of hydrogen-bond donors (Lipinski definition) is 1.